The van der Waals surface area contributed by atoms with Gasteiger partial charge in [0.25, 0.3) is 0 Å². The van der Waals surface area contributed by atoms with Crippen LogP contribution in [0, 0.1) is 0 Å². The molecule has 7 heavy (non-hydrogen) atoms. The third-order valence-corrected chi connectivity index (χ3v) is 0. The molecule has 0 amide bonds. The fraction of sp³-hybridized carbons (Fsp3) is 0. The molecule has 2 nitrogen and oxygen atoms in total. The minimum atomic E-state index is -1.97. The van der Waals surface area contributed by atoms with Crippen molar-refractivity contribution in [2.75, 3.05) is 0 Å². The molecule has 49 valence electrons. The van der Waals surface area contributed by atoms with Gasteiger partial charge in [-0.2, -0.15) is 0 Å². The van der Waals surface area contributed by atoms with Crippen molar-refractivity contribution in [3.63, 3.8) is 0 Å². The molecule has 7 heteroatoms. The van der Waals surface area contributed by atoms with Gasteiger partial charge in [-0.15, -0.1) is 0 Å². The second-order valence-electron chi connectivity index (χ2n) is 0.383. The van der Waals surface area contributed by atoms with Crippen LogP contribution in [0.4, 0.5) is 0 Å². The van der Waals surface area contributed by atoms with Gasteiger partial charge in [0, 0.05) is 0 Å². The Morgan fingerprint density at radius 2 is 0.714 bits per heavy atom. The Bertz CT molecular complexity index is 25.2. The maximum atomic E-state index is 3.34. The van der Waals surface area contributed by atoms with Gasteiger partial charge in [0.1, 0.15) is 0 Å². The SMILES string of the molecule is O.O.[Br][Ta]([Br])([Br])[Br]. The summed E-state index contributed by atoms with van der Waals surface area (Å²) in [6.45, 7) is 0. The second kappa shape index (κ2) is 6.70. The molecule has 0 atom stereocenters. The standard InChI is InChI=1S/4BrH.2H2O.Ta/h4*1H;2*1H2;/q;;;;;;+4/p-4. The molecule has 0 aliphatic rings. The Hall–Kier alpha value is 2.58. The van der Waals surface area contributed by atoms with Crippen LogP contribution in [-0.2, 0) is 8.59 Å². The van der Waals surface area contributed by atoms with Crippen LogP contribution in [0.2, 0.25) is 0 Å². The molecule has 0 aliphatic heterocycles. The van der Waals surface area contributed by atoms with Gasteiger partial charge in [-0.3, -0.25) is 0 Å². The Labute approximate surface area is 70.4 Å². The molecule has 4 N–H and O–H groups in total. The van der Waals surface area contributed by atoms with Gasteiger partial charge in [-0.25, -0.2) is 0 Å². The molecule has 0 aromatic rings. The second-order valence-corrected chi connectivity index (χ2v) is 84.7. The first-order chi connectivity index (χ1) is 2.00. The molecular formula is H4Br4O2Ta. The predicted octanol–water partition coefficient (Wildman–Crippen LogP) is 1.73. The van der Waals surface area contributed by atoms with E-state index in [1.165, 1.54) is 0 Å². The zero-order valence-corrected chi connectivity index (χ0v) is 12.5. The summed E-state index contributed by atoms with van der Waals surface area (Å²) in [5, 5.41) is 0. The molecule has 0 unspecified atom stereocenters. The molecule has 0 rings (SSSR count). The molecule has 0 heterocycles. The van der Waals surface area contributed by atoms with E-state index in [0.29, 0.717) is 0 Å². The maximum absolute atomic E-state index is 3.34. The Balaban J connectivity index is -0.0000000800. The van der Waals surface area contributed by atoms with Crippen LogP contribution >= 0.6 is 52.1 Å². The summed E-state index contributed by atoms with van der Waals surface area (Å²) in [4.78, 5) is 0. The van der Waals surface area contributed by atoms with Crippen molar-refractivity contribution in [1.29, 1.82) is 0 Å². The third kappa shape index (κ3) is 55.8. The summed E-state index contributed by atoms with van der Waals surface area (Å²) in [6.07, 6.45) is 0. The van der Waals surface area contributed by atoms with E-state index in [9.17, 15) is 0 Å². The molecule has 0 aromatic carbocycles. The van der Waals surface area contributed by atoms with Gasteiger partial charge in [0.2, 0.25) is 0 Å². The average molecular weight is 537 g/mol. The zero-order chi connectivity index (χ0) is 4.50. The van der Waals surface area contributed by atoms with Crippen molar-refractivity contribution < 1.29 is 19.5 Å². The Morgan fingerprint density at radius 3 is 0.714 bits per heavy atom. The van der Waals surface area contributed by atoms with E-state index in [2.05, 4.69) is 52.1 Å². The Morgan fingerprint density at radius 1 is 0.714 bits per heavy atom. The van der Waals surface area contributed by atoms with Crippen molar-refractivity contribution in [1.82, 2.24) is 0 Å². The van der Waals surface area contributed by atoms with Gasteiger partial charge < -0.3 is 11.0 Å². The summed E-state index contributed by atoms with van der Waals surface area (Å²) < 4.78 is 0. The molecule has 0 fully saturated rings. The number of halogens is 4. The van der Waals surface area contributed by atoms with Crippen molar-refractivity contribution in [2.24, 2.45) is 0 Å². The van der Waals surface area contributed by atoms with Crippen LogP contribution in [0.1, 0.15) is 0 Å². The van der Waals surface area contributed by atoms with E-state index < -0.39 is 8.59 Å². The molecule has 0 radical (unpaired) electrons. The van der Waals surface area contributed by atoms with Gasteiger partial charge in [-0.1, -0.05) is 0 Å². The van der Waals surface area contributed by atoms with Crippen LogP contribution in [0.5, 0.6) is 0 Å². The topological polar surface area (TPSA) is 63.0 Å². The Kier molecular flexibility index (Phi) is 15.6. The quantitative estimate of drug-likeness (QED) is 0.453. The summed E-state index contributed by atoms with van der Waals surface area (Å²) >= 11 is 13.4. The van der Waals surface area contributed by atoms with E-state index in [-0.39, 0.29) is 11.0 Å². The molecule has 0 aliphatic carbocycles. The van der Waals surface area contributed by atoms with Crippen LogP contribution in [0.3, 0.4) is 0 Å². The third-order valence-electron chi connectivity index (χ3n) is 0. The van der Waals surface area contributed by atoms with E-state index >= 15 is 0 Å². The van der Waals surface area contributed by atoms with E-state index in [1.54, 1.807) is 0 Å². The van der Waals surface area contributed by atoms with Crippen LogP contribution in [-0.4, -0.2) is 11.0 Å². The zero-order valence-electron chi connectivity index (χ0n) is 2.96. The summed E-state index contributed by atoms with van der Waals surface area (Å²) in [6, 6.07) is 0. The molecule has 0 spiro atoms. The van der Waals surface area contributed by atoms with Gasteiger partial charge in [0.15, 0.2) is 0 Å². The summed E-state index contributed by atoms with van der Waals surface area (Å²) in [5.41, 5.74) is 0. The first kappa shape index (κ1) is 16.3. The van der Waals surface area contributed by atoms with Crippen molar-refractivity contribution >= 4 is 52.1 Å². The van der Waals surface area contributed by atoms with Gasteiger partial charge in [-0.05, 0) is 0 Å². The summed E-state index contributed by atoms with van der Waals surface area (Å²) in [7, 11) is -1.97. The first-order valence-electron chi connectivity index (χ1n) is 0.676. The first-order valence-corrected chi connectivity index (χ1v) is 28.8. The molecule has 0 aromatic heterocycles. The molecular weight excluding hydrogens is 533 g/mol. The van der Waals surface area contributed by atoms with E-state index in [1.807, 2.05) is 0 Å². The van der Waals surface area contributed by atoms with Crippen molar-refractivity contribution in [3.8, 4) is 0 Å². The minimum absolute atomic E-state index is 0. The summed E-state index contributed by atoms with van der Waals surface area (Å²) in [5.74, 6) is 0. The van der Waals surface area contributed by atoms with Gasteiger partial charge >= 0.3 is 60.7 Å². The number of rotatable bonds is 0. The van der Waals surface area contributed by atoms with Crippen LogP contribution in [0.15, 0.2) is 0 Å². The van der Waals surface area contributed by atoms with Crippen LogP contribution in [0.25, 0.3) is 0 Å². The fourth-order valence-electron chi connectivity index (χ4n) is 0. The van der Waals surface area contributed by atoms with Gasteiger partial charge in [0.05, 0.1) is 0 Å². The van der Waals surface area contributed by atoms with E-state index in [4.69, 9.17) is 0 Å². The predicted molar refractivity (Wildman–Crippen MR) is 42.9 cm³/mol. The van der Waals surface area contributed by atoms with Crippen LogP contribution < -0.4 is 0 Å². The fourth-order valence-corrected chi connectivity index (χ4v) is 0. The normalized spacial score (nSPS) is 8.57. The van der Waals surface area contributed by atoms with E-state index in [0.717, 1.165) is 0 Å². The molecule has 0 saturated heterocycles. The van der Waals surface area contributed by atoms with Crippen molar-refractivity contribution in [2.45, 2.75) is 0 Å². The molecule has 0 bridgehead atoms. The average Bonchev–Trinajstić information content (AvgIpc) is 0.722. The number of hydrogen-bond acceptors (Lipinski definition) is 0. The number of hydrogen-bond donors (Lipinski definition) is 0. The monoisotopic (exact) mass is 533 g/mol. The van der Waals surface area contributed by atoms with Crippen molar-refractivity contribution in [3.05, 3.63) is 0 Å². The molecule has 0 saturated carbocycles.